The number of hydrogen-bond donors (Lipinski definition) is 2. The zero-order valence-electron chi connectivity index (χ0n) is 12.9. The second kappa shape index (κ2) is 6.68. The van der Waals surface area contributed by atoms with Crippen LogP contribution in [0.15, 0.2) is 0 Å². The third-order valence-corrected chi connectivity index (χ3v) is 3.94. The molecule has 1 saturated heterocycles. The number of nitrogens with zero attached hydrogens (tertiary/aromatic N) is 2. The van der Waals surface area contributed by atoms with Crippen LogP contribution in [0, 0.1) is 5.92 Å². The van der Waals surface area contributed by atoms with E-state index in [4.69, 9.17) is 11.5 Å². The first-order valence-electron chi connectivity index (χ1n) is 7.27. The molecule has 0 aromatic carbocycles. The lowest BCUT2D eigenvalue weighted by atomic mass is 9.93. The minimum Gasteiger partial charge on any atom is -0.368 e. The van der Waals surface area contributed by atoms with Crippen LogP contribution in [0.3, 0.4) is 0 Å². The summed E-state index contributed by atoms with van der Waals surface area (Å²) < 4.78 is 0. The first kappa shape index (κ1) is 16.4. The first-order valence-corrected chi connectivity index (χ1v) is 7.27. The summed E-state index contributed by atoms with van der Waals surface area (Å²) in [6, 6.07) is 0.295. The fourth-order valence-electron chi connectivity index (χ4n) is 2.75. The van der Waals surface area contributed by atoms with E-state index in [1.807, 2.05) is 0 Å². The Balaban J connectivity index is 2.41. The van der Waals surface area contributed by atoms with E-state index in [-0.39, 0.29) is 0 Å². The molecule has 1 aliphatic rings. The summed E-state index contributed by atoms with van der Waals surface area (Å²) in [6.07, 6.45) is 0.618. The number of piperazine rings is 1. The SMILES string of the molecule is CC(C)CN1CCN(C(C)CC(C)(N)C(N)=O)CC1. The summed E-state index contributed by atoms with van der Waals surface area (Å²) in [6.45, 7) is 13.8. The fraction of sp³-hybridized carbons (Fsp3) is 0.929. The molecule has 0 spiro atoms. The van der Waals surface area contributed by atoms with E-state index >= 15 is 0 Å². The van der Waals surface area contributed by atoms with Crippen molar-refractivity contribution in [3.8, 4) is 0 Å². The summed E-state index contributed by atoms with van der Waals surface area (Å²) in [4.78, 5) is 16.2. The molecule has 0 saturated carbocycles. The Labute approximate surface area is 117 Å². The van der Waals surface area contributed by atoms with Gasteiger partial charge < -0.3 is 16.4 Å². The Morgan fingerprint density at radius 3 is 2.16 bits per heavy atom. The van der Waals surface area contributed by atoms with E-state index in [0.717, 1.165) is 32.7 Å². The van der Waals surface area contributed by atoms with Gasteiger partial charge in [0.05, 0.1) is 5.54 Å². The topological polar surface area (TPSA) is 75.6 Å². The van der Waals surface area contributed by atoms with Gasteiger partial charge in [0, 0.05) is 38.8 Å². The molecule has 5 nitrogen and oxygen atoms in total. The van der Waals surface area contributed by atoms with Gasteiger partial charge in [-0.15, -0.1) is 0 Å². The number of primary amides is 1. The highest BCUT2D eigenvalue weighted by molar-refractivity contribution is 5.83. The molecule has 2 unspecified atom stereocenters. The van der Waals surface area contributed by atoms with Crippen LogP contribution in [0.2, 0.25) is 0 Å². The summed E-state index contributed by atoms with van der Waals surface area (Å²) in [7, 11) is 0. The molecule has 19 heavy (non-hydrogen) atoms. The number of carbonyl (C=O) groups excluding carboxylic acids is 1. The van der Waals surface area contributed by atoms with Gasteiger partial charge in [0.1, 0.15) is 0 Å². The number of hydrogen-bond acceptors (Lipinski definition) is 4. The number of nitrogens with two attached hydrogens (primary N) is 2. The molecule has 1 rings (SSSR count). The third-order valence-electron chi connectivity index (χ3n) is 3.94. The fourth-order valence-corrected chi connectivity index (χ4v) is 2.75. The Morgan fingerprint density at radius 1 is 1.21 bits per heavy atom. The van der Waals surface area contributed by atoms with Crippen LogP contribution >= 0.6 is 0 Å². The van der Waals surface area contributed by atoms with Gasteiger partial charge in [0.2, 0.25) is 5.91 Å². The number of rotatable bonds is 6. The van der Waals surface area contributed by atoms with Crippen molar-refractivity contribution >= 4 is 5.91 Å². The normalized spacial score (nSPS) is 23.3. The molecule has 112 valence electrons. The van der Waals surface area contributed by atoms with Gasteiger partial charge in [-0.25, -0.2) is 0 Å². The minimum atomic E-state index is -0.908. The first-order chi connectivity index (χ1) is 8.72. The van der Waals surface area contributed by atoms with Crippen molar-refractivity contribution in [3.63, 3.8) is 0 Å². The molecule has 1 aliphatic heterocycles. The Hall–Kier alpha value is -0.650. The van der Waals surface area contributed by atoms with Crippen molar-refractivity contribution in [2.24, 2.45) is 17.4 Å². The summed E-state index contributed by atoms with van der Waals surface area (Å²) in [5, 5.41) is 0. The van der Waals surface area contributed by atoms with Crippen LogP contribution < -0.4 is 11.5 Å². The molecule has 1 amide bonds. The lowest BCUT2D eigenvalue weighted by Gasteiger charge is -2.40. The highest BCUT2D eigenvalue weighted by Crippen LogP contribution is 2.16. The molecule has 1 fully saturated rings. The Morgan fingerprint density at radius 2 is 1.74 bits per heavy atom. The van der Waals surface area contributed by atoms with Crippen molar-refractivity contribution in [1.29, 1.82) is 0 Å². The molecule has 2 atom stereocenters. The molecule has 0 bridgehead atoms. The van der Waals surface area contributed by atoms with E-state index in [1.165, 1.54) is 0 Å². The zero-order valence-corrected chi connectivity index (χ0v) is 12.9. The largest absolute Gasteiger partial charge is 0.368 e. The second-order valence-corrected chi connectivity index (χ2v) is 6.57. The zero-order chi connectivity index (χ0) is 14.6. The maximum Gasteiger partial charge on any atom is 0.237 e. The number of carbonyl (C=O) groups is 1. The molecular weight excluding hydrogens is 240 g/mol. The molecule has 0 aliphatic carbocycles. The highest BCUT2D eigenvalue weighted by atomic mass is 16.1. The quantitative estimate of drug-likeness (QED) is 0.725. The van der Waals surface area contributed by atoms with Crippen LogP contribution in [-0.4, -0.2) is 60.0 Å². The van der Waals surface area contributed by atoms with Crippen LogP contribution in [-0.2, 0) is 4.79 Å². The Kier molecular flexibility index (Phi) is 5.77. The van der Waals surface area contributed by atoms with Crippen LogP contribution in [0.25, 0.3) is 0 Å². The standard InChI is InChI=1S/C14H30N4O/c1-11(2)10-17-5-7-18(8-6-17)12(3)9-14(4,16)13(15)19/h11-12H,5-10,16H2,1-4H3,(H2,15,19). The highest BCUT2D eigenvalue weighted by Gasteiger charge is 2.31. The van der Waals surface area contributed by atoms with Gasteiger partial charge in [-0.1, -0.05) is 13.8 Å². The summed E-state index contributed by atoms with van der Waals surface area (Å²) in [5.41, 5.74) is 10.4. The summed E-state index contributed by atoms with van der Waals surface area (Å²) in [5.74, 6) is 0.295. The smallest absolute Gasteiger partial charge is 0.237 e. The molecule has 0 radical (unpaired) electrons. The summed E-state index contributed by atoms with van der Waals surface area (Å²) >= 11 is 0. The molecule has 1 heterocycles. The third kappa shape index (κ3) is 5.09. The monoisotopic (exact) mass is 270 g/mol. The van der Waals surface area contributed by atoms with Gasteiger partial charge in [-0.05, 0) is 26.2 Å². The van der Waals surface area contributed by atoms with Crippen molar-refractivity contribution in [2.45, 2.75) is 45.7 Å². The minimum absolute atomic E-state index is 0.295. The Bertz CT molecular complexity index is 296. The van der Waals surface area contributed by atoms with E-state index in [2.05, 4.69) is 30.6 Å². The van der Waals surface area contributed by atoms with Crippen molar-refractivity contribution in [3.05, 3.63) is 0 Å². The lowest BCUT2D eigenvalue weighted by molar-refractivity contribution is -0.123. The van der Waals surface area contributed by atoms with E-state index in [1.54, 1.807) is 6.92 Å². The maximum atomic E-state index is 11.3. The van der Waals surface area contributed by atoms with Crippen LogP contribution in [0.1, 0.15) is 34.1 Å². The van der Waals surface area contributed by atoms with Gasteiger partial charge in [0.25, 0.3) is 0 Å². The van der Waals surface area contributed by atoms with Crippen LogP contribution in [0.4, 0.5) is 0 Å². The van der Waals surface area contributed by atoms with Crippen LogP contribution in [0.5, 0.6) is 0 Å². The van der Waals surface area contributed by atoms with Gasteiger partial charge >= 0.3 is 0 Å². The van der Waals surface area contributed by atoms with Gasteiger partial charge in [-0.2, -0.15) is 0 Å². The van der Waals surface area contributed by atoms with E-state index in [9.17, 15) is 4.79 Å². The van der Waals surface area contributed by atoms with Gasteiger partial charge in [0.15, 0.2) is 0 Å². The average Bonchev–Trinajstić information content (AvgIpc) is 2.28. The predicted octanol–water partition coefficient (Wildman–Crippen LogP) is 0.241. The molecule has 4 N–H and O–H groups in total. The van der Waals surface area contributed by atoms with E-state index in [0.29, 0.717) is 18.4 Å². The molecule has 0 aromatic heterocycles. The van der Waals surface area contributed by atoms with Crippen molar-refractivity contribution in [2.75, 3.05) is 32.7 Å². The second-order valence-electron chi connectivity index (χ2n) is 6.57. The maximum absolute atomic E-state index is 11.3. The average molecular weight is 270 g/mol. The van der Waals surface area contributed by atoms with Crippen molar-refractivity contribution in [1.82, 2.24) is 9.80 Å². The van der Waals surface area contributed by atoms with Gasteiger partial charge in [-0.3, -0.25) is 9.69 Å². The van der Waals surface area contributed by atoms with Crippen molar-refractivity contribution < 1.29 is 4.79 Å². The molecule has 0 aromatic rings. The number of amides is 1. The molecule has 5 heteroatoms. The lowest BCUT2D eigenvalue weighted by Crippen LogP contribution is -2.56. The van der Waals surface area contributed by atoms with E-state index < -0.39 is 11.4 Å². The molecular formula is C14H30N4O. The predicted molar refractivity (Wildman–Crippen MR) is 78.7 cm³/mol.